The highest BCUT2D eigenvalue weighted by Gasteiger charge is 2.42. The highest BCUT2D eigenvalue weighted by molar-refractivity contribution is 7.26. The standard InChI is InChI=1S/C51H25F6N3S2/c52-50(53,54)35-14-9-15-36(51(55,56)57)45(35)34-25-39(59-37-16-5-1-10-28(37)30-20-22-43-46(48(30)59)32-12-3-7-18-41(32)61-43)27(26-58)24-40(34)60-38-17-6-2-11-29(38)31-21-23-44-47(49(31)60)33-13-4-8-19-42(33)62-44/h1-25H. The summed E-state index contributed by atoms with van der Waals surface area (Å²) in [5.41, 5.74) is -1.50. The molecule has 0 amide bonds. The molecular formula is C51H25F6N3S2. The van der Waals surface area contributed by atoms with Crippen LogP contribution in [0.2, 0.25) is 0 Å². The summed E-state index contributed by atoms with van der Waals surface area (Å²) in [7, 11) is 0. The predicted octanol–water partition coefficient (Wildman–Crippen LogP) is 16.2. The van der Waals surface area contributed by atoms with E-state index in [0.29, 0.717) is 34.2 Å². The molecule has 0 saturated heterocycles. The first-order valence-electron chi connectivity index (χ1n) is 19.5. The van der Waals surface area contributed by atoms with Crippen molar-refractivity contribution in [2.75, 3.05) is 0 Å². The molecule has 0 bridgehead atoms. The third kappa shape index (κ3) is 5.11. The van der Waals surface area contributed by atoms with Crippen molar-refractivity contribution in [1.29, 1.82) is 5.26 Å². The van der Waals surface area contributed by atoms with Gasteiger partial charge in [-0.2, -0.15) is 31.6 Å². The summed E-state index contributed by atoms with van der Waals surface area (Å²) in [6.45, 7) is 0. The monoisotopic (exact) mass is 857 g/mol. The Morgan fingerprint density at radius 1 is 0.435 bits per heavy atom. The van der Waals surface area contributed by atoms with Crippen molar-refractivity contribution in [1.82, 2.24) is 9.13 Å². The maximum Gasteiger partial charge on any atom is 0.417 e. The second-order valence-electron chi connectivity index (χ2n) is 15.3. The van der Waals surface area contributed by atoms with E-state index in [1.807, 2.05) is 120 Å². The van der Waals surface area contributed by atoms with Gasteiger partial charge in [0.15, 0.2) is 0 Å². The lowest BCUT2D eigenvalue weighted by molar-refractivity contribution is -0.142. The molecular weight excluding hydrogens is 833 g/mol. The van der Waals surface area contributed by atoms with E-state index in [2.05, 4.69) is 6.07 Å². The van der Waals surface area contributed by atoms with Gasteiger partial charge in [0.1, 0.15) is 6.07 Å². The Labute approximate surface area is 355 Å². The zero-order valence-electron chi connectivity index (χ0n) is 31.9. The van der Waals surface area contributed by atoms with E-state index in [4.69, 9.17) is 0 Å². The smallest absolute Gasteiger partial charge is 0.308 e. The van der Waals surface area contributed by atoms with Gasteiger partial charge in [-0.15, -0.1) is 22.7 Å². The van der Waals surface area contributed by atoms with Gasteiger partial charge in [0, 0.05) is 73.0 Å². The molecule has 62 heavy (non-hydrogen) atoms. The number of rotatable bonds is 3. The molecule has 0 saturated carbocycles. The van der Waals surface area contributed by atoms with E-state index in [0.717, 1.165) is 68.0 Å². The number of nitrogens with zero attached hydrogens (tertiary/aromatic N) is 3. The minimum atomic E-state index is -5.19. The third-order valence-corrected chi connectivity index (χ3v) is 14.3. The number of alkyl halides is 6. The molecule has 0 fully saturated rings. The Balaban J connectivity index is 1.33. The Hall–Kier alpha value is -7.13. The molecule has 0 aliphatic carbocycles. The van der Waals surface area contributed by atoms with Crippen LogP contribution >= 0.6 is 22.7 Å². The fraction of sp³-hybridized carbons (Fsp3) is 0.0392. The number of hydrogen-bond donors (Lipinski definition) is 0. The number of aromatic nitrogens is 2. The minimum Gasteiger partial charge on any atom is -0.308 e. The number of halogens is 6. The maximum atomic E-state index is 15.4. The minimum absolute atomic E-state index is 0.00776. The van der Waals surface area contributed by atoms with Crippen molar-refractivity contribution in [3.63, 3.8) is 0 Å². The van der Waals surface area contributed by atoms with Gasteiger partial charge in [-0.3, -0.25) is 0 Å². The fourth-order valence-electron chi connectivity index (χ4n) is 9.58. The van der Waals surface area contributed by atoms with Crippen LogP contribution in [0.25, 0.3) is 106 Å². The molecule has 4 heterocycles. The number of benzene rings is 8. The van der Waals surface area contributed by atoms with Gasteiger partial charge < -0.3 is 9.13 Å². The first-order valence-corrected chi connectivity index (χ1v) is 21.2. The molecule has 8 aromatic carbocycles. The Bertz CT molecular complexity index is 3900. The van der Waals surface area contributed by atoms with Crippen molar-refractivity contribution in [3.8, 4) is 28.6 Å². The van der Waals surface area contributed by atoms with E-state index in [1.54, 1.807) is 33.3 Å². The lowest BCUT2D eigenvalue weighted by Gasteiger charge is -2.24. The highest BCUT2D eigenvalue weighted by Crippen LogP contribution is 2.51. The molecule has 3 nitrogen and oxygen atoms in total. The second kappa shape index (κ2) is 12.9. The van der Waals surface area contributed by atoms with Crippen molar-refractivity contribution in [2.45, 2.75) is 12.4 Å². The predicted molar refractivity (Wildman–Crippen MR) is 241 cm³/mol. The topological polar surface area (TPSA) is 33.6 Å². The van der Waals surface area contributed by atoms with Gasteiger partial charge in [-0.1, -0.05) is 91.0 Å². The van der Waals surface area contributed by atoms with Gasteiger partial charge in [-0.25, -0.2) is 0 Å². The molecule has 0 N–H and O–H groups in total. The van der Waals surface area contributed by atoms with Crippen LogP contribution in [0.3, 0.4) is 0 Å². The number of para-hydroxylation sites is 2. The average molecular weight is 858 g/mol. The van der Waals surface area contributed by atoms with E-state index in [9.17, 15) is 5.26 Å². The van der Waals surface area contributed by atoms with Crippen LogP contribution < -0.4 is 0 Å². The number of nitriles is 1. The van der Waals surface area contributed by atoms with Crippen LogP contribution in [0.1, 0.15) is 16.7 Å². The zero-order chi connectivity index (χ0) is 42.2. The first-order chi connectivity index (χ1) is 30.0. The number of thiophene rings is 2. The number of hydrogen-bond acceptors (Lipinski definition) is 3. The first kappa shape index (κ1) is 36.7. The highest BCUT2D eigenvalue weighted by atomic mass is 32.1. The number of fused-ring (bicyclic) bond motifs is 14. The molecule has 298 valence electrons. The fourth-order valence-corrected chi connectivity index (χ4v) is 11.8. The zero-order valence-corrected chi connectivity index (χ0v) is 33.5. The van der Waals surface area contributed by atoms with Crippen LogP contribution in [0.5, 0.6) is 0 Å². The summed E-state index contributed by atoms with van der Waals surface area (Å²) >= 11 is 3.13. The molecule has 4 aromatic heterocycles. The van der Waals surface area contributed by atoms with Crippen LogP contribution in [-0.2, 0) is 12.4 Å². The largest absolute Gasteiger partial charge is 0.417 e. The lowest BCUT2D eigenvalue weighted by Crippen LogP contribution is -2.15. The van der Waals surface area contributed by atoms with Gasteiger partial charge >= 0.3 is 12.4 Å². The normalized spacial score (nSPS) is 12.7. The molecule has 12 rings (SSSR count). The molecule has 0 unspecified atom stereocenters. The lowest BCUT2D eigenvalue weighted by atomic mass is 9.90. The van der Waals surface area contributed by atoms with E-state index in [-0.39, 0.29) is 22.5 Å². The Morgan fingerprint density at radius 3 is 1.37 bits per heavy atom. The maximum absolute atomic E-state index is 15.4. The second-order valence-corrected chi connectivity index (χ2v) is 17.5. The quantitative estimate of drug-likeness (QED) is 0.163. The van der Waals surface area contributed by atoms with Crippen LogP contribution in [0.4, 0.5) is 26.3 Å². The van der Waals surface area contributed by atoms with Gasteiger partial charge in [0.05, 0.1) is 50.1 Å². The SMILES string of the molecule is N#Cc1cc(-n2c3ccccc3c3ccc4sc5ccccc5c4c32)c(-c2c(C(F)(F)F)cccc2C(F)(F)F)cc1-n1c2ccccc2c2ccc3sc4ccccc4c3c21. The van der Waals surface area contributed by atoms with Crippen LogP contribution in [0, 0.1) is 11.3 Å². The van der Waals surface area contributed by atoms with Crippen LogP contribution in [0.15, 0.2) is 152 Å². The van der Waals surface area contributed by atoms with E-state index < -0.39 is 29.0 Å². The van der Waals surface area contributed by atoms with E-state index >= 15 is 26.3 Å². The van der Waals surface area contributed by atoms with Gasteiger partial charge in [0.25, 0.3) is 0 Å². The van der Waals surface area contributed by atoms with Crippen molar-refractivity contribution < 1.29 is 26.3 Å². The molecule has 0 aliphatic rings. The molecule has 0 spiro atoms. The molecule has 12 aromatic rings. The summed E-state index contributed by atoms with van der Waals surface area (Å²) in [5.74, 6) is 0. The van der Waals surface area contributed by atoms with Crippen molar-refractivity contribution in [3.05, 3.63) is 168 Å². The molecule has 0 aliphatic heterocycles. The molecule has 0 radical (unpaired) electrons. The summed E-state index contributed by atoms with van der Waals surface area (Å²) in [4.78, 5) is 0. The molecule has 0 atom stereocenters. The van der Waals surface area contributed by atoms with Crippen LogP contribution in [-0.4, -0.2) is 9.13 Å². The van der Waals surface area contributed by atoms with Crippen molar-refractivity contribution >= 4 is 107 Å². The van der Waals surface area contributed by atoms with Gasteiger partial charge in [-0.05, 0) is 60.7 Å². The third-order valence-electron chi connectivity index (χ3n) is 12.0. The Kier molecular flexibility index (Phi) is 7.66. The van der Waals surface area contributed by atoms with Crippen molar-refractivity contribution in [2.24, 2.45) is 0 Å². The average Bonchev–Trinajstić information content (AvgIpc) is 4.02. The summed E-state index contributed by atoms with van der Waals surface area (Å²) in [6.07, 6.45) is -10.4. The molecule has 11 heteroatoms. The van der Waals surface area contributed by atoms with E-state index in [1.165, 1.54) is 12.1 Å². The summed E-state index contributed by atoms with van der Waals surface area (Å²) in [5, 5.41) is 17.9. The van der Waals surface area contributed by atoms with Gasteiger partial charge in [0.2, 0.25) is 0 Å². The summed E-state index contributed by atoms with van der Waals surface area (Å²) in [6, 6.07) is 45.9. The Morgan fingerprint density at radius 2 is 0.887 bits per heavy atom. The summed E-state index contributed by atoms with van der Waals surface area (Å²) < 4.78 is 99.9.